The number of hydrogen-bond acceptors (Lipinski definition) is 7. The molecule has 0 unspecified atom stereocenters. The molecule has 2 fully saturated rings. The highest BCUT2D eigenvalue weighted by molar-refractivity contribution is 6.08. The SMILES string of the molecule is CCC(=O)N[C@@H](C(=O)N1CCN(C)CC1)[C@@H](C)c1ccc(NC(=O)[C@@H](CC(=O)c2coc3ccncc23)C2CCCCC2)c(F)c1. The molecule has 0 spiro atoms. The third-order valence-electron chi connectivity index (χ3n) is 9.63. The van der Waals surface area contributed by atoms with E-state index in [2.05, 4.69) is 20.5 Å². The monoisotopic (exact) mass is 633 g/mol. The standard InChI is InChI=1S/C35H44FN5O5/c1-4-32(43)39-33(35(45)41-16-14-40(3)15-17-41)22(2)24-10-11-29(28(36)18-24)38-34(44)25(23-8-6-5-7-9-23)19-30(42)27-21-46-31-12-13-37-20-26(27)31/h10-13,18,20-23,25,33H,4-9,14-17,19H2,1-3H3,(H,38,44)(H,39,43)/t22-,25-,33+/m0/s1. The molecule has 1 aliphatic carbocycles. The van der Waals surface area contributed by atoms with Crippen LogP contribution < -0.4 is 10.6 Å². The molecule has 1 saturated heterocycles. The van der Waals surface area contributed by atoms with E-state index >= 15 is 4.39 Å². The number of halogens is 1. The van der Waals surface area contributed by atoms with Crippen molar-refractivity contribution in [2.24, 2.45) is 11.8 Å². The number of aromatic nitrogens is 1. The van der Waals surface area contributed by atoms with Crippen molar-refractivity contribution < 1.29 is 28.0 Å². The maximum Gasteiger partial charge on any atom is 0.245 e. The normalized spacial score (nSPS) is 18.1. The molecule has 11 heteroatoms. The Kier molecular flexibility index (Phi) is 10.8. The average molecular weight is 634 g/mol. The smallest absolute Gasteiger partial charge is 0.245 e. The number of Topliss-reactive ketones (excluding diaryl/α,β-unsaturated/α-hetero) is 1. The third kappa shape index (κ3) is 7.63. The Morgan fingerprint density at radius 2 is 1.80 bits per heavy atom. The van der Waals surface area contributed by atoms with Crippen LogP contribution >= 0.6 is 0 Å². The van der Waals surface area contributed by atoms with Crippen LogP contribution in [0.15, 0.2) is 47.3 Å². The van der Waals surface area contributed by atoms with Crippen LogP contribution in [0.1, 0.15) is 80.6 Å². The fraction of sp³-hybridized carbons (Fsp3) is 0.514. The van der Waals surface area contributed by atoms with Gasteiger partial charge in [-0.3, -0.25) is 24.2 Å². The van der Waals surface area contributed by atoms with Crippen LogP contribution in [-0.2, 0) is 14.4 Å². The van der Waals surface area contributed by atoms with Crippen molar-refractivity contribution in [3.63, 3.8) is 0 Å². The number of carbonyl (C=O) groups is 4. The second-order valence-corrected chi connectivity index (χ2v) is 12.7. The van der Waals surface area contributed by atoms with E-state index in [0.717, 1.165) is 45.2 Å². The predicted molar refractivity (Wildman–Crippen MR) is 173 cm³/mol. The summed E-state index contributed by atoms with van der Waals surface area (Å²) in [6.07, 6.45) is 9.46. The Balaban J connectivity index is 1.33. The van der Waals surface area contributed by atoms with E-state index in [0.29, 0.717) is 35.2 Å². The van der Waals surface area contributed by atoms with Gasteiger partial charge in [0.15, 0.2) is 5.78 Å². The summed E-state index contributed by atoms with van der Waals surface area (Å²) < 4.78 is 21.2. The summed E-state index contributed by atoms with van der Waals surface area (Å²) in [4.78, 5) is 61.1. The van der Waals surface area contributed by atoms with Crippen LogP contribution in [0.25, 0.3) is 11.0 Å². The second kappa shape index (κ2) is 15.0. The summed E-state index contributed by atoms with van der Waals surface area (Å²) in [7, 11) is 2.00. The van der Waals surface area contributed by atoms with Gasteiger partial charge in [0.1, 0.15) is 23.7 Å². The number of amides is 3. The summed E-state index contributed by atoms with van der Waals surface area (Å²) in [5.74, 6) is -2.87. The molecule has 3 heterocycles. The van der Waals surface area contributed by atoms with E-state index in [4.69, 9.17) is 4.42 Å². The van der Waals surface area contributed by atoms with E-state index in [1.165, 1.54) is 18.4 Å². The van der Waals surface area contributed by atoms with Gasteiger partial charge in [-0.25, -0.2) is 4.39 Å². The lowest BCUT2D eigenvalue weighted by atomic mass is 9.77. The molecule has 2 aromatic heterocycles. The topological polar surface area (TPSA) is 125 Å². The summed E-state index contributed by atoms with van der Waals surface area (Å²) in [6.45, 7) is 6.09. The van der Waals surface area contributed by atoms with Gasteiger partial charge in [-0.05, 0) is 49.6 Å². The summed E-state index contributed by atoms with van der Waals surface area (Å²) >= 11 is 0. The largest absolute Gasteiger partial charge is 0.463 e. The molecule has 3 aromatic rings. The first kappa shape index (κ1) is 33.2. The molecular weight excluding hydrogens is 589 g/mol. The minimum absolute atomic E-state index is 0.000121. The van der Waals surface area contributed by atoms with Crippen LogP contribution in [0, 0.1) is 17.7 Å². The van der Waals surface area contributed by atoms with Gasteiger partial charge in [-0.15, -0.1) is 0 Å². The Morgan fingerprint density at radius 1 is 1.07 bits per heavy atom. The van der Waals surface area contributed by atoms with Crippen molar-refractivity contribution in [1.82, 2.24) is 20.1 Å². The van der Waals surface area contributed by atoms with E-state index < -0.39 is 29.6 Å². The Bertz CT molecular complexity index is 1560. The molecule has 2 aliphatic rings. The number of nitrogens with one attached hydrogen (secondary N) is 2. The second-order valence-electron chi connectivity index (χ2n) is 12.7. The van der Waals surface area contributed by atoms with Gasteiger partial charge in [0.05, 0.1) is 11.3 Å². The number of pyridine rings is 1. The van der Waals surface area contributed by atoms with Crippen LogP contribution in [0.5, 0.6) is 0 Å². The zero-order valence-electron chi connectivity index (χ0n) is 26.9. The van der Waals surface area contributed by atoms with E-state index in [1.54, 1.807) is 43.3 Å². The number of piperazine rings is 1. The zero-order chi connectivity index (χ0) is 32.8. The molecule has 2 N–H and O–H groups in total. The molecule has 0 radical (unpaired) electrons. The van der Waals surface area contributed by atoms with E-state index in [9.17, 15) is 19.2 Å². The highest BCUT2D eigenvalue weighted by atomic mass is 19.1. The van der Waals surface area contributed by atoms with E-state index in [-0.39, 0.29) is 42.0 Å². The highest BCUT2D eigenvalue weighted by Gasteiger charge is 2.35. The van der Waals surface area contributed by atoms with Crippen LogP contribution in [0.2, 0.25) is 0 Å². The van der Waals surface area contributed by atoms with Gasteiger partial charge in [-0.2, -0.15) is 0 Å². The molecule has 10 nitrogen and oxygen atoms in total. The van der Waals surface area contributed by atoms with Gasteiger partial charge in [0.2, 0.25) is 17.7 Å². The van der Waals surface area contributed by atoms with Crippen molar-refractivity contribution in [1.29, 1.82) is 0 Å². The first-order valence-electron chi connectivity index (χ1n) is 16.4. The number of furan rings is 1. The maximum absolute atomic E-state index is 15.6. The fourth-order valence-corrected chi connectivity index (χ4v) is 6.64. The van der Waals surface area contributed by atoms with Gasteiger partial charge in [0, 0.05) is 68.6 Å². The molecular formula is C35H44FN5O5. The number of benzene rings is 1. The number of fused-ring (bicyclic) bond motifs is 1. The zero-order valence-corrected chi connectivity index (χ0v) is 26.9. The van der Waals surface area contributed by atoms with Crippen molar-refractivity contribution in [2.75, 3.05) is 38.5 Å². The van der Waals surface area contributed by atoms with Crippen molar-refractivity contribution in [3.8, 4) is 0 Å². The molecule has 1 aromatic carbocycles. The molecule has 1 saturated carbocycles. The Labute approximate surface area is 269 Å². The number of likely N-dealkylation sites (N-methyl/N-ethyl adjacent to an activating group) is 1. The Morgan fingerprint density at radius 3 is 2.50 bits per heavy atom. The molecule has 246 valence electrons. The van der Waals surface area contributed by atoms with Crippen molar-refractivity contribution >= 4 is 40.2 Å². The summed E-state index contributed by atoms with van der Waals surface area (Å²) in [5.41, 5.74) is 1.47. The van der Waals surface area contributed by atoms with Crippen LogP contribution in [0.3, 0.4) is 0 Å². The maximum atomic E-state index is 15.6. The molecule has 5 rings (SSSR count). The number of rotatable bonds is 11. The fourth-order valence-electron chi connectivity index (χ4n) is 6.64. The highest BCUT2D eigenvalue weighted by Crippen LogP contribution is 2.35. The van der Waals surface area contributed by atoms with E-state index in [1.807, 2.05) is 7.05 Å². The number of anilines is 1. The molecule has 1 aliphatic heterocycles. The van der Waals surface area contributed by atoms with Gasteiger partial charge in [0.25, 0.3) is 0 Å². The number of nitrogens with zero attached hydrogens (tertiary/aromatic N) is 3. The predicted octanol–water partition coefficient (Wildman–Crippen LogP) is 5.15. The molecule has 0 bridgehead atoms. The number of ketones is 1. The Hall–Kier alpha value is -4.12. The first-order chi connectivity index (χ1) is 22.2. The number of carbonyl (C=O) groups excluding carboxylic acids is 4. The lowest BCUT2D eigenvalue weighted by Gasteiger charge is -2.36. The summed E-state index contributed by atoms with van der Waals surface area (Å²) in [5, 5.41) is 6.21. The van der Waals surface area contributed by atoms with Gasteiger partial charge in [-0.1, -0.05) is 39.2 Å². The molecule has 46 heavy (non-hydrogen) atoms. The minimum atomic E-state index is -0.855. The number of hydrogen-bond donors (Lipinski definition) is 2. The van der Waals surface area contributed by atoms with Gasteiger partial charge < -0.3 is 24.9 Å². The lowest BCUT2D eigenvalue weighted by Crippen LogP contribution is -2.55. The van der Waals surface area contributed by atoms with Crippen LogP contribution in [0.4, 0.5) is 10.1 Å². The van der Waals surface area contributed by atoms with Crippen LogP contribution in [-0.4, -0.2) is 77.6 Å². The molecule has 3 amide bonds. The van der Waals surface area contributed by atoms with Crippen molar-refractivity contribution in [3.05, 3.63) is 59.9 Å². The summed E-state index contributed by atoms with van der Waals surface area (Å²) in [6, 6.07) is 5.32. The van der Waals surface area contributed by atoms with Crippen molar-refractivity contribution in [2.45, 2.75) is 70.8 Å². The van der Waals surface area contributed by atoms with Gasteiger partial charge >= 0.3 is 0 Å². The molecule has 3 atom stereocenters. The first-order valence-corrected chi connectivity index (χ1v) is 16.4. The third-order valence-corrected chi connectivity index (χ3v) is 9.63. The average Bonchev–Trinajstić information content (AvgIpc) is 3.51. The minimum Gasteiger partial charge on any atom is -0.463 e. The quantitative estimate of drug-likeness (QED) is 0.280. The lowest BCUT2D eigenvalue weighted by molar-refractivity contribution is -0.138.